The van der Waals surface area contributed by atoms with Crippen LogP contribution in [0.4, 0.5) is 13.2 Å². The van der Waals surface area contributed by atoms with Gasteiger partial charge >= 0.3 is 6.18 Å². The summed E-state index contributed by atoms with van der Waals surface area (Å²) in [6.45, 7) is 1.48. The first-order valence-electron chi connectivity index (χ1n) is 4.62. The maximum Gasteiger partial charge on any atom is 0.416 e. The van der Waals surface area contributed by atoms with E-state index in [-0.39, 0.29) is 11.1 Å². The second kappa shape index (κ2) is 5.00. The van der Waals surface area contributed by atoms with E-state index in [4.69, 9.17) is 0 Å². The summed E-state index contributed by atoms with van der Waals surface area (Å²) >= 11 is 2.97. The monoisotopic (exact) mass is 308 g/mol. The Bertz CT molecular complexity index is 453. The fourth-order valence-electron chi connectivity index (χ4n) is 1.26. The molecule has 1 atom stereocenters. The topological polar surface area (TPSA) is 34.1 Å². The Morgan fingerprint density at radius 3 is 2.41 bits per heavy atom. The smallest absolute Gasteiger partial charge is 0.298 e. The lowest BCUT2D eigenvalue weighted by Crippen LogP contribution is -2.15. The Morgan fingerprint density at radius 2 is 2.00 bits per heavy atom. The van der Waals surface area contributed by atoms with Gasteiger partial charge in [-0.15, -0.1) is 0 Å². The molecule has 1 unspecified atom stereocenters. The highest BCUT2D eigenvalue weighted by Gasteiger charge is 2.32. The highest BCUT2D eigenvalue weighted by Crippen LogP contribution is 2.31. The van der Waals surface area contributed by atoms with Crippen LogP contribution in [0.25, 0.3) is 0 Å². The highest BCUT2D eigenvalue weighted by molar-refractivity contribution is 9.10. The van der Waals surface area contributed by atoms with E-state index < -0.39 is 22.4 Å². The molecule has 1 aromatic rings. The molecular weight excluding hydrogens is 301 g/mol. The molecule has 0 fully saturated rings. The third-order valence-corrected chi connectivity index (χ3v) is 2.55. The average Bonchev–Trinajstić information content (AvgIpc) is 2.25. The second-order valence-electron chi connectivity index (χ2n) is 3.40. The van der Waals surface area contributed by atoms with Gasteiger partial charge in [0.2, 0.25) is 0 Å². The van der Waals surface area contributed by atoms with Gasteiger partial charge in [-0.25, -0.2) is 0 Å². The number of alkyl halides is 4. The maximum atomic E-state index is 12.5. The fourth-order valence-corrected chi connectivity index (χ4v) is 1.51. The molecule has 2 nitrogen and oxygen atoms in total. The first-order chi connectivity index (χ1) is 7.77. The van der Waals surface area contributed by atoms with Crippen molar-refractivity contribution in [1.82, 2.24) is 0 Å². The number of carbonyl (C=O) groups excluding carboxylic acids is 2. The number of aldehydes is 1. The third kappa shape index (κ3) is 3.15. The van der Waals surface area contributed by atoms with Crippen molar-refractivity contribution in [1.29, 1.82) is 0 Å². The van der Waals surface area contributed by atoms with E-state index in [1.54, 1.807) is 0 Å². The molecule has 0 N–H and O–H groups in total. The molecule has 0 saturated carbocycles. The average molecular weight is 309 g/mol. The van der Waals surface area contributed by atoms with Crippen LogP contribution >= 0.6 is 15.9 Å². The number of Topliss-reactive ketones (excluding diaryl/α,β-unsaturated/α-hetero) is 1. The van der Waals surface area contributed by atoms with Gasteiger partial charge in [-0.3, -0.25) is 9.59 Å². The minimum Gasteiger partial charge on any atom is -0.298 e. The van der Waals surface area contributed by atoms with Gasteiger partial charge in [0.25, 0.3) is 0 Å². The van der Waals surface area contributed by atoms with Crippen LogP contribution < -0.4 is 0 Å². The van der Waals surface area contributed by atoms with Gasteiger partial charge in [-0.1, -0.05) is 22.0 Å². The molecule has 0 aliphatic carbocycles. The first kappa shape index (κ1) is 13.9. The number of halogens is 4. The van der Waals surface area contributed by atoms with E-state index in [1.807, 2.05) is 0 Å². The number of rotatable bonds is 3. The minimum absolute atomic E-state index is 0.0469. The van der Waals surface area contributed by atoms with Crippen LogP contribution in [0.15, 0.2) is 18.2 Å². The number of hydrogen-bond acceptors (Lipinski definition) is 2. The van der Waals surface area contributed by atoms with Crippen LogP contribution in [0.2, 0.25) is 0 Å². The molecule has 17 heavy (non-hydrogen) atoms. The van der Waals surface area contributed by atoms with Crippen molar-refractivity contribution in [2.24, 2.45) is 0 Å². The molecule has 0 aliphatic rings. The lowest BCUT2D eigenvalue weighted by atomic mass is 9.99. The zero-order valence-corrected chi connectivity index (χ0v) is 10.3. The Kier molecular flexibility index (Phi) is 4.08. The van der Waals surface area contributed by atoms with Gasteiger partial charge in [0.05, 0.1) is 10.4 Å². The number of ketones is 1. The Labute approximate surface area is 104 Å². The lowest BCUT2D eigenvalue weighted by molar-refractivity contribution is -0.137. The first-order valence-corrected chi connectivity index (χ1v) is 5.53. The molecular formula is C11H8BrF3O2. The standard InChI is InChI=1S/C11H8BrF3O2/c1-6(12)10(17)9-4-8(11(13,14)15)3-2-7(9)5-16/h2-6H,1H3. The summed E-state index contributed by atoms with van der Waals surface area (Å²) < 4.78 is 37.4. The van der Waals surface area contributed by atoms with Crippen molar-refractivity contribution < 1.29 is 22.8 Å². The van der Waals surface area contributed by atoms with Gasteiger partial charge in [0, 0.05) is 11.1 Å². The summed E-state index contributed by atoms with van der Waals surface area (Å²) in [5.41, 5.74) is -1.21. The predicted molar refractivity (Wildman–Crippen MR) is 59.6 cm³/mol. The van der Waals surface area contributed by atoms with Crippen LogP contribution in [-0.4, -0.2) is 16.9 Å². The quantitative estimate of drug-likeness (QED) is 0.487. The van der Waals surface area contributed by atoms with Crippen molar-refractivity contribution in [3.8, 4) is 0 Å². The molecule has 1 aromatic carbocycles. The zero-order chi connectivity index (χ0) is 13.2. The largest absolute Gasteiger partial charge is 0.416 e. The lowest BCUT2D eigenvalue weighted by Gasteiger charge is -2.11. The van der Waals surface area contributed by atoms with Crippen molar-refractivity contribution in [2.75, 3.05) is 0 Å². The van der Waals surface area contributed by atoms with Gasteiger partial charge in [0.15, 0.2) is 12.1 Å². The summed E-state index contributed by atoms with van der Waals surface area (Å²) in [7, 11) is 0. The van der Waals surface area contributed by atoms with Crippen molar-refractivity contribution in [3.05, 3.63) is 34.9 Å². The minimum atomic E-state index is -4.54. The molecule has 0 aliphatic heterocycles. The number of benzene rings is 1. The normalized spacial score (nSPS) is 13.2. The molecule has 6 heteroatoms. The van der Waals surface area contributed by atoms with E-state index in [0.29, 0.717) is 12.4 Å². The van der Waals surface area contributed by atoms with Crippen LogP contribution in [0.5, 0.6) is 0 Å². The maximum absolute atomic E-state index is 12.5. The molecule has 0 saturated heterocycles. The SMILES string of the molecule is CC(Br)C(=O)c1cc(C(F)(F)F)ccc1C=O. The summed E-state index contributed by atoms with van der Waals surface area (Å²) in [4.78, 5) is 21.6. The van der Waals surface area contributed by atoms with Crippen molar-refractivity contribution in [2.45, 2.75) is 17.9 Å². The van der Waals surface area contributed by atoms with Crippen LogP contribution in [0.3, 0.4) is 0 Å². The van der Waals surface area contributed by atoms with Gasteiger partial charge in [0.1, 0.15) is 0 Å². The number of carbonyl (C=O) groups is 2. The van der Waals surface area contributed by atoms with Crippen LogP contribution in [-0.2, 0) is 6.18 Å². The summed E-state index contributed by atoms with van der Waals surface area (Å²) in [6.07, 6.45) is -4.17. The fraction of sp³-hybridized carbons (Fsp3) is 0.273. The summed E-state index contributed by atoms with van der Waals surface area (Å²) in [6, 6.07) is 2.47. The predicted octanol–water partition coefficient (Wildman–Crippen LogP) is 3.48. The van der Waals surface area contributed by atoms with Crippen LogP contribution in [0, 0.1) is 0 Å². The molecule has 0 amide bonds. The Balaban J connectivity index is 3.35. The van der Waals surface area contributed by atoms with E-state index in [0.717, 1.165) is 12.1 Å². The molecule has 92 valence electrons. The molecule has 0 spiro atoms. The van der Waals surface area contributed by atoms with E-state index in [2.05, 4.69) is 15.9 Å². The Hall–Kier alpha value is -1.17. The zero-order valence-electron chi connectivity index (χ0n) is 8.72. The van der Waals surface area contributed by atoms with Gasteiger partial charge in [-0.05, 0) is 19.1 Å². The van der Waals surface area contributed by atoms with Crippen molar-refractivity contribution in [3.63, 3.8) is 0 Å². The molecule has 0 radical (unpaired) electrons. The number of hydrogen-bond donors (Lipinski definition) is 0. The van der Waals surface area contributed by atoms with E-state index >= 15 is 0 Å². The van der Waals surface area contributed by atoms with E-state index in [1.165, 1.54) is 6.92 Å². The second-order valence-corrected chi connectivity index (χ2v) is 4.77. The third-order valence-electron chi connectivity index (χ3n) is 2.13. The molecule has 0 heterocycles. The summed E-state index contributed by atoms with van der Waals surface area (Å²) in [5, 5.41) is 0. The molecule has 0 aromatic heterocycles. The van der Waals surface area contributed by atoms with Crippen LogP contribution in [0.1, 0.15) is 33.2 Å². The Morgan fingerprint density at radius 1 is 1.41 bits per heavy atom. The molecule has 1 rings (SSSR count). The summed E-state index contributed by atoms with van der Waals surface area (Å²) in [5.74, 6) is -0.557. The highest BCUT2D eigenvalue weighted by atomic mass is 79.9. The van der Waals surface area contributed by atoms with Gasteiger partial charge in [-0.2, -0.15) is 13.2 Å². The molecule has 0 bridgehead atoms. The van der Waals surface area contributed by atoms with Gasteiger partial charge < -0.3 is 0 Å². The van der Waals surface area contributed by atoms with E-state index in [9.17, 15) is 22.8 Å². The van der Waals surface area contributed by atoms with Crippen molar-refractivity contribution >= 4 is 28.0 Å².